The van der Waals surface area contributed by atoms with Crippen molar-refractivity contribution in [3.63, 3.8) is 0 Å². The quantitative estimate of drug-likeness (QED) is 0.895. The molecular weight excluding hydrogens is 292 g/mol. The SMILES string of the molecule is Brc1ccccc1Nc1cc2c(nn1)CNCC2. The highest BCUT2D eigenvalue weighted by atomic mass is 79.9. The number of fused-ring (bicyclic) bond motifs is 1. The lowest BCUT2D eigenvalue weighted by atomic mass is 10.1. The van der Waals surface area contributed by atoms with Crippen molar-refractivity contribution in [1.29, 1.82) is 0 Å². The molecule has 1 aromatic carbocycles. The largest absolute Gasteiger partial charge is 0.338 e. The Labute approximate surface area is 114 Å². The minimum atomic E-state index is 0.794. The van der Waals surface area contributed by atoms with Gasteiger partial charge in [0, 0.05) is 11.0 Å². The number of nitrogens with zero attached hydrogens (tertiary/aromatic N) is 2. The third-order valence-corrected chi connectivity index (χ3v) is 3.65. The fourth-order valence-corrected chi connectivity index (χ4v) is 2.40. The van der Waals surface area contributed by atoms with Crippen molar-refractivity contribution >= 4 is 27.4 Å². The first-order valence-electron chi connectivity index (χ1n) is 5.91. The number of halogens is 1. The van der Waals surface area contributed by atoms with Crippen LogP contribution in [0.1, 0.15) is 11.3 Å². The van der Waals surface area contributed by atoms with Crippen LogP contribution in [0.3, 0.4) is 0 Å². The monoisotopic (exact) mass is 304 g/mol. The van der Waals surface area contributed by atoms with E-state index in [0.717, 1.165) is 41.2 Å². The normalized spacial score (nSPS) is 14.1. The molecule has 3 rings (SSSR count). The van der Waals surface area contributed by atoms with E-state index in [1.807, 2.05) is 24.3 Å². The summed E-state index contributed by atoms with van der Waals surface area (Å²) in [5, 5.41) is 15.0. The van der Waals surface area contributed by atoms with Crippen LogP contribution >= 0.6 is 15.9 Å². The maximum atomic E-state index is 4.25. The summed E-state index contributed by atoms with van der Waals surface area (Å²) in [4.78, 5) is 0. The van der Waals surface area contributed by atoms with Crippen LogP contribution in [0.4, 0.5) is 11.5 Å². The first-order chi connectivity index (χ1) is 8.83. The van der Waals surface area contributed by atoms with Crippen LogP contribution in [0.25, 0.3) is 0 Å². The predicted octanol–water partition coefficient (Wildman–Crippen LogP) is 2.63. The van der Waals surface area contributed by atoms with Gasteiger partial charge in [-0.1, -0.05) is 12.1 Å². The molecule has 0 saturated heterocycles. The third-order valence-electron chi connectivity index (χ3n) is 2.96. The number of hydrogen-bond donors (Lipinski definition) is 2. The summed E-state index contributed by atoms with van der Waals surface area (Å²) in [5.74, 6) is 0.794. The van der Waals surface area contributed by atoms with Crippen molar-refractivity contribution in [2.45, 2.75) is 13.0 Å². The van der Waals surface area contributed by atoms with E-state index < -0.39 is 0 Å². The van der Waals surface area contributed by atoms with Crippen molar-refractivity contribution in [2.75, 3.05) is 11.9 Å². The molecule has 0 bridgehead atoms. The molecule has 0 unspecified atom stereocenters. The molecule has 0 aliphatic carbocycles. The molecule has 0 saturated carbocycles. The summed E-state index contributed by atoms with van der Waals surface area (Å²) in [6.45, 7) is 1.82. The van der Waals surface area contributed by atoms with E-state index in [1.54, 1.807) is 0 Å². The van der Waals surface area contributed by atoms with Crippen molar-refractivity contribution in [1.82, 2.24) is 15.5 Å². The molecule has 4 nitrogen and oxygen atoms in total. The number of para-hydroxylation sites is 1. The zero-order valence-electron chi connectivity index (χ0n) is 9.78. The fourth-order valence-electron chi connectivity index (χ4n) is 2.01. The molecule has 0 fully saturated rings. The van der Waals surface area contributed by atoms with E-state index >= 15 is 0 Å². The number of aromatic nitrogens is 2. The minimum absolute atomic E-state index is 0.794. The zero-order valence-corrected chi connectivity index (χ0v) is 11.4. The topological polar surface area (TPSA) is 49.8 Å². The molecule has 92 valence electrons. The van der Waals surface area contributed by atoms with Gasteiger partial charge in [0.1, 0.15) is 0 Å². The summed E-state index contributed by atoms with van der Waals surface area (Å²) in [5.41, 5.74) is 3.33. The van der Waals surface area contributed by atoms with Gasteiger partial charge in [-0.05, 0) is 52.7 Å². The van der Waals surface area contributed by atoms with Crippen LogP contribution in [-0.2, 0) is 13.0 Å². The molecule has 1 aliphatic heterocycles. The maximum absolute atomic E-state index is 4.25. The third kappa shape index (κ3) is 2.37. The lowest BCUT2D eigenvalue weighted by molar-refractivity contribution is 0.617. The van der Waals surface area contributed by atoms with Crippen molar-refractivity contribution in [3.8, 4) is 0 Å². The van der Waals surface area contributed by atoms with E-state index in [9.17, 15) is 0 Å². The molecule has 2 heterocycles. The van der Waals surface area contributed by atoms with Gasteiger partial charge in [0.05, 0.1) is 11.4 Å². The Bertz CT molecular complexity index is 571. The standard InChI is InChI=1S/C13H13BrN4/c14-10-3-1-2-4-11(10)16-13-7-9-5-6-15-8-12(9)17-18-13/h1-4,7,15H,5-6,8H2,(H,16,18). The molecule has 2 aromatic rings. The molecule has 2 N–H and O–H groups in total. The summed E-state index contributed by atoms with van der Waals surface area (Å²) >= 11 is 3.51. The van der Waals surface area contributed by atoms with E-state index in [4.69, 9.17) is 0 Å². The molecule has 5 heteroatoms. The zero-order chi connectivity index (χ0) is 12.4. The fraction of sp³-hybridized carbons (Fsp3) is 0.231. The van der Waals surface area contributed by atoms with Crippen LogP contribution < -0.4 is 10.6 Å². The molecule has 0 amide bonds. The number of rotatable bonds is 2. The first kappa shape index (κ1) is 11.6. The molecule has 1 aliphatic rings. The second-order valence-electron chi connectivity index (χ2n) is 4.23. The van der Waals surface area contributed by atoms with Crippen LogP contribution in [0.2, 0.25) is 0 Å². The summed E-state index contributed by atoms with van der Waals surface area (Å²) in [6.07, 6.45) is 1.01. The summed E-state index contributed by atoms with van der Waals surface area (Å²) in [7, 11) is 0. The lowest BCUT2D eigenvalue weighted by Crippen LogP contribution is -2.25. The van der Waals surface area contributed by atoms with Crippen LogP contribution in [0, 0.1) is 0 Å². The molecule has 0 atom stereocenters. The van der Waals surface area contributed by atoms with E-state index in [-0.39, 0.29) is 0 Å². The van der Waals surface area contributed by atoms with Gasteiger partial charge in [-0.2, -0.15) is 5.10 Å². The van der Waals surface area contributed by atoms with E-state index in [1.165, 1.54) is 5.56 Å². The van der Waals surface area contributed by atoms with E-state index in [0.29, 0.717) is 0 Å². The Balaban J connectivity index is 1.87. The summed E-state index contributed by atoms with van der Waals surface area (Å²) in [6, 6.07) is 10.1. The Morgan fingerprint density at radius 1 is 1.22 bits per heavy atom. The smallest absolute Gasteiger partial charge is 0.153 e. The van der Waals surface area contributed by atoms with Gasteiger partial charge < -0.3 is 10.6 Å². The van der Waals surface area contributed by atoms with Gasteiger partial charge in [0.25, 0.3) is 0 Å². The molecule has 18 heavy (non-hydrogen) atoms. The predicted molar refractivity (Wildman–Crippen MR) is 74.9 cm³/mol. The number of benzene rings is 1. The number of nitrogens with one attached hydrogen (secondary N) is 2. The second kappa shape index (κ2) is 5.04. The van der Waals surface area contributed by atoms with Crippen molar-refractivity contribution in [2.24, 2.45) is 0 Å². The Morgan fingerprint density at radius 3 is 3.00 bits per heavy atom. The van der Waals surface area contributed by atoms with Gasteiger partial charge >= 0.3 is 0 Å². The van der Waals surface area contributed by atoms with Gasteiger partial charge in [0.15, 0.2) is 5.82 Å². The molecule has 0 spiro atoms. The van der Waals surface area contributed by atoms with Crippen LogP contribution in [0.5, 0.6) is 0 Å². The first-order valence-corrected chi connectivity index (χ1v) is 6.70. The Morgan fingerprint density at radius 2 is 2.11 bits per heavy atom. The van der Waals surface area contributed by atoms with Crippen molar-refractivity contribution in [3.05, 3.63) is 46.1 Å². The molecular formula is C13H13BrN4. The van der Waals surface area contributed by atoms with Gasteiger partial charge in [0.2, 0.25) is 0 Å². The second-order valence-corrected chi connectivity index (χ2v) is 5.09. The molecule has 1 aromatic heterocycles. The Kier molecular flexibility index (Phi) is 3.25. The maximum Gasteiger partial charge on any atom is 0.153 e. The van der Waals surface area contributed by atoms with Crippen LogP contribution in [-0.4, -0.2) is 16.7 Å². The summed E-state index contributed by atoms with van der Waals surface area (Å²) < 4.78 is 1.02. The van der Waals surface area contributed by atoms with Gasteiger partial charge in [-0.3, -0.25) is 0 Å². The average molecular weight is 305 g/mol. The van der Waals surface area contributed by atoms with Gasteiger partial charge in [-0.25, -0.2) is 0 Å². The number of hydrogen-bond acceptors (Lipinski definition) is 4. The lowest BCUT2D eigenvalue weighted by Gasteiger charge is -2.16. The minimum Gasteiger partial charge on any atom is -0.338 e. The highest BCUT2D eigenvalue weighted by Crippen LogP contribution is 2.25. The van der Waals surface area contributed by atoms with E-state index in [2.05, 4.69) is 42.8 Å². The van der Waals surface area contributed by atoms with Crippen molar-refractivity contribution < 1.29 is 0 Å². The molecule has 0 radical (unpaired) electrons. The van der Waals surface area contributed by atoms with Crippen LogP contribution in [0.15, 0.2) is 34.8 Å². The van der Waals surface area contributed by atoms with Gasteiger partial charge in [-0.15, -0.1) is 5.10 Å². The average Bonchev–Trinajstić information content (AvgIpc) is 2.41. The number of anilines is 2. The Hall–Kier alpha value is -1.46. The highest BCUT2D eigenvalue weighted by Gasteiger charge is 2.11. The highest BCUT2D eigenvalue weighted by molar-refractivity contribution is 9.10.